The van der Waals surface area contributed by atoms with Crippen LogP contribution in [-0.4, -0.2) is 48.0 Å². The van der Waals surface area contributed by atoms with Crippen molar-refractivity contribution in [2.24, 2.45) is 10.9 Å². The van der Waals surface area contributed by atoms with E-state index in [1.165, 1.54) is 11.5 Å². The molecule has 0 bridgehead atoms. The van der Waals surface area contributed by atoms with Crippen LogP contribution >= 0.6 is 35.7 Å². The summed E-state index contributed by atoms with van der Waals surface area (Å²) in [6, 6.07) is 1.25. The number of nitrogens with zero attached hydrogens (tertiary/aromatic N) is 2. The molecule has 3 nitrogen and oxygen atoms in total. The standard InChI is InChI=1S/C10H19N3S.HI/c1-7(2)9-4-11-10(12-9)13(3)8-5-14-6-8;/h7-9H,4-6H2,1-3H3,(H,11,12);1H. The number of hydrogen-bond donors (Lipinski definition) is 1. The molecule has 0 amide bonds. The van der Waals surface area contributed by atoms with E-state index in [1.54, 1.807) is 0 Å². The van der Waals surface area contributed by atoms with Crippen LogP contribution in [0.25, 0.3) is 0 Å². The normalized spacial score (nSPS) is 25.3. The van der Waals surface area contributed by atoms with Crippen LogP contribution in [0.4, 0.5) is 0 Å². The lowest BCUT2D eigenvalue weighted by atomic mass is 10.1. The molecule has 2 rings (SSSR count). The largest absolute Gasteiger partial charge is 0.351 e. The highest BCUT2D eigenvalue weighted by molar-refractivity contribution is 14.0. The molecule has 1 unspecified atom stereocenters. The second kappa shape index (κ2) is 5.61. The summed E-state index contributed by atoms with van der Waals surface area (Å²) in [5, 5.41) is 3.51. The van der Waals surface area contributed by atoms with Crippen molar-refractivity contribution >= 4 is 41.7 Å². The second-order valence-electron chi connectivity index (χ2n) is 4.46. The van der Waals surface area contributed by atoms with Crippen LogP contribution in [0.2, 0.25) is 0 Å². The van der Waals surface area contributed by atoms with Gasteiger partial charge in [0.15, 0.2) is 5.96 Å². The van der Waals surface area contributed by atoms with Crippen molar-refractivity contribution in [3.8, 4) is 0 Å². The van der Waals surface area contributed by atoms with Gasteiger partial charge in [-0.15, -0.1) is 24.0 Å². The van der Waals surface area contributed by atoms with Crippen LogP contribution in [0.1, 0.15) is 13.8 Å². The highest BCUT2D eigenvalue weighted by Crippen LogP contribution is 2.23. The third-order valence-electron chi connectivity index (χ3n) is 3.06. The first-order valence-electron chi connectivity index (χ1n) is 5.30. The van der Waals surface area contributed by atoms with E-state index >= 15 is 0 Å². The Morgan fingerprint density at radius 3 is 2.53 bits per heavy atom. The lowest BCUT2D eigenvalue weighted by Crippen LogP contribution is -2.51. The van der Waals surface area contributed by atoms with E-state index < -0.39 is 0 Å². The van der Waals surface area contributed by atoms with Gasteiger partial charge in [0.2, 0.25) is 0 Å². The molecule has 0 radical (unpaired) electrons. The fourth-order valence-corrected chi connectivity index (χ4v) is 2.55. The summed E-state index contributed by atoms with van der Waals surface area (Å²) in [5.41, 5.74) is 0. The summed E-state index contributed by atoms with van der Waals surface area (Å²) < 4.78 is 0. The van der Waals surface area contributed by atoms with Crippen LogP contribution < -0.4 is 5.32 Å². The molecular formula is C10H20IN3S. The molecule has 0 saturated carbocycles. The van der Waals surface area contributed by atoms with E-state index in [0.29, 0.717) is 18.0 Å². The summed E-state index contributed by atoms with van der Waals surface area (Å²) in [5.74, 6) is 4.28. The maximum Gasteiger partial charge on any atom is 0.194 e. The molecule has 88 valence electrons. The molecule has 1 saturated heterocycles. The van der Waals surface area contributed by atoms with Gasteiger partial charge in [0.25, 0.3) is 0 Å². The topological polar surface area (TPSA) is 27.6 Å². The first kappa shape index (κ1) is 13.4. The van der Waals surface area contributed by atoms with Gasteiger partial charge in [0.1, 0.15) is 0 Å². The van der Waals surface area contributed by atoms with Gasteiger partial charge in [-0.05, 0) is 5.92 Å². The number of aliphatic imine (C=N–C) groups is 1. The van der Waals surface area contributed by atoms with Crippen molar-refractivity contribution in [1.29, 1.82) is 0 Å². The van der Waals surface area contributed by atoms with Gasteiger partial charge in [-0.1, -0.05) is 13.8 Å². The molecule has 2 aliphatic heterocycles. The molecule has 0 aromatic rings. The zero-order valence-electron chi connectivity index (χ0n) is 9.56. The van der Waals surface area contributed by atoms with Crippen LogP contribution in [0, 0.1) is 5.92 Å². The average molecular weight is 341 g/mol. The Labute approximate surface area is 113 Å². The fraction of sp³-hybridized carbons (Fsp3) is 0.900. The lowest BCUT2D eigenvalue weighted by molar-refractivity contribution is 0.392. The zero-order chi connectivity index (χ0) is 10.1. The molecule has 0 aromatic heterocycles. The molecule has 2 aliphatic rings. The molecule has 0 aliphatic carbocycles. The number of rotatable bonds is 2. The number of halogens is 1. The summed E-state index contributed by atoms with van der Waals surface area (Å²) >= 11 is 2.01. The Balaban J connectivity index is 0.00000112. The van der Waals surface area contributed by atoms with E-state index in [0.717, 1.165) is 12.5 Å². The summed E-state index contributed by atoms with van der Waals surface area (Å²) in [7, 11) is 2.15. The van der Waals surface area contributed by atoms with E-state index in [-0.39, 0.29) is 24.0 Å². The zero-order valence-corrected chi connectivity index (χ0v) is 12.7. The number of guanidine groups is 1. The monoisotopic (exact) mass is 341 g/mol. The number of thioether (sulfide) groups is 1. The van der Waals surface area contributed by atoms with E-state index in [4.69, 9.17) is 0 Å². The molecule has 5 heteroatoms. The Morgan fingerprint density at radius 1 is 1.47 bits per heavy atom. The minimum atomic E-state index is 0. The molecule has 1 N–H and O–H groups in total. The van der Waals surface area contributed by atoms with Crippen LogP contribution in [0.5, 0.6) is 0 Å². The lowest BCUT2D eigenvalue weighted by Gasteiger charge is -2.35. The van der Waals surface area contributed by atoms with E-state index in [9.17, 15) is 0 Å². The van der Waals surface area contributed by atoms with Crippen LogP contribution in [0.3, 0.4) is 0 Å². The first-order valence-corrected chi connectivity index (χ1v) is 6.45. The van der Waals surface area contributed by atoms with E-state index in [1.807, 2.05) is 11.8 Å². The third kappa shape index (κ3) is 2.93. The SMILES string of the molecule is CC(C)C1CN=C(N(C)C2CSC2)N1.I. The number of nitrogens with one attached hydrogen (secondary N) is 1. The Hall–Kier alpha value is 0.350. The highest BCUT2D eigenvalue weighted by Gasteiger charge is 2.29. The highest BCUT2D eigenvalue weighted by atomic mass is 127. The third-order valence-corrected chi connectivity index (χ3v) is 4.30. The Bertz CT molecular complexity index is 241. The summed E-state index contributed by atoms with van der Waals surface area (Å²) in [6.45, 7) is 5.43. The smallest absolute Gasteiger partial charge is 0.194 e. The van der Waals surface area contributed by atoms with Crippen molar-refractivity contribution in [3.63, 3.8) is 0 Å². The summed E-state index contributed by atoms with van der Waals surface area (Å²) in [4.78, 5) is 6.87. The van der Waals surface area contributed by atoms with Crippen LogP contribution in [-0.2, 0) is 0 Å². The van der Waals surface area contributed by atoms with Gasteiger partial charge >= 0.3 is 0 Å². The summed E-state index contributed by atoms with van der Waals surface area (Å²) in [6.07, 6.45) is 0. The Morgan fingerprint density at radius 2 is 2.13 bits per heavy atom. The average Bonchev–Trinajstić information content (AvgIpc) is 2.48. The Kier molecular flexibility index (Phi) is 5.02. The van der Waals surface area contributed by atoms with Gasteiger partial charge in [-0.25, -0.2) is 0 Å². The molecular weight excluding hydrogens is 321 g/mol. The van der Waals surface area contributed by atoms with Gasteiger partial charge in [0, 0.05) is 24.6 Å². The van der Waals surface area contributed by atoms with Crippen molar-refractivity contribution in [3.05, 3.63) is 0 Å². The number of hydrogen-bond acceptors (Lipinski definition) is 4. The predicted molar refractivity (Wildman–Crippen MR) is 78.4 cm³/mol. The van der Waals surface area contributed by atoms with Crippen molar-refractivity contribution in [2.75, 3.05) is 25.1 Å². The van der Waals surface area contributed by atoms with Gasteiger partial charge in [-0.2, -0.15) is 11.8 Å². The minimum absolute atomic E-state index is 0. The van der Waals surface area contributed by atoms with Gasteiger partial charge in [-0.3, -0.25) is 4.99 Å². The molecule has 15 heavy (non-hydrogen) atoms. The van der Waals surface area contributed by atoms with Gasteiger partial charge in [0.05, 0.1) is 12.6 Å². The maximum atomic E-state index is 4.56. The molecule has 0 aromatic carbocycles. The maximum absolute atomic E-state index is 4.56. The minimum Gasteiger partial charge on any atom is -0.351 e. The van der Waals surface area contributed by atoms with Gasteiger partial charge < -0.3 is 10.2 Å². The van der Waals surface area contributed by atoms with Crippen LogP contribution in [0.15, 0.2) is 4.99 Å². The van der Waals surface area contributed by atoms with Crippen molar-refractivity contribution in [2.45, 2.75) is 25.9 Å². The second-order valence-corrected chi connectivity index (χ2v) is 5.54. The van der Waals surface area contributed by atoms with Crippen molar-refractivity contribution < 1.29 is 0 Å². The molecule has 1 atom stereocenters. The molecule has 1 fully saturated rings. The first-order chi connectivity index (χ1) is 6.68. The quantitative estimate of drug-likeness (QED) is 0.774. The molecule has 2 heterocycles. The van der Waals surface area contributed by atoms with E-state index in [2.05, 4.69) is 36.1 Å². The fourth-order valence-electron chi connectivity index (χ4n) is 1.65. The predicted octanol–water partition coefficient (Wildman–Crippen LogP) is 1.64. The molecule has 0 spiro atoms. The van der Waals surface area contributed by atoms with Crippen molar-refractivity contribution in [1.82, 2.24) is 10.2 Å².